The summed E-state index contributed by atoms with van der Waals surface area (Å²) in [5.41, 5.74) is 10.6. The Morgan fingerprint density at radius 2 is 1.88 bits per heavy atom. The van der Waals surface area contributed by atoms with Crippen molar-refractivity contribution in [1.29, 1.82) is 0 Å². The Bertz CT molecular complexity index is 394. The van der Waals surface area contributed by atoms with Crippen LogP contribution in [0.2, 0.25) is 0 Å². The molecule has 0 radical (unpaired) electrons. The molecule has 0 aliphatic rings. The number of phenols is 1. The van der Waals surface area contributed by atoms with Crippen molar-refractivity contribution in [2.45, 2.75) is 6.10 Å². The van der Waals surface area contributed by atoms with Crippen LogP contribution in [0.1, 0.15) is 10.4 Å². The van der Waals surface area contributed by atoms with E-state index in [4.69, 9.17) is 21.7 Å². The van der Waals surface area contributed by atoms with Gasteiger partial charge in [0.15, 0.2) is 5.78 Å². The molecule has 1 aromatic carbocycles. The molecule has 0 fully saturated rings. The van der Waals surface area contributed by atoms with Crippen LogP contribution in [-0.2, 0) is 0 Å². The van der Waals surface area contributed by atoms with Crippen LogP contribution in [-0.4, -0.2) is 39.3 Å². The molecule has 16 heavy (non-hydrogen) atoms. The number of Topliss-reactive ketones (excluding diaryl/α,β-unsaturated/α-hetero) is 1. The maximum atomic E-state index is 11.4. The number of nitrogens with two attached hydrogens (primary N) is 2. The third-order valence-electron chi connectivity index (χ3n) is 2.01. The van der Waals surface area contributed by atoms with Crippen molar-refractivity contribution in [3.63, 3.8) is 0 Å². The zero-order valence-electron chi connectivity index (χ0n) is 8.34. The predicted molar refractivity (Wildman–Crippen MR) is 58.0 cm³/mol. The number of hydrogen-bond acceptors (Lipinski definition) is 6. The first-order valence-electron chi connectivity index (χ1n) is 4.19. The molecule has 0 aliphatic heterocycles. The summed E-state index contributed by atoms with van der Waals surface area (Å²) in [5.74, 6) is -0.968. The van der Waals surface area contributed by atoms with Crippen molar-refractivity contribution in [1.82, 2.24) is 0 Å². The van der Waals surface area contributed by atoms with Gasteiger partial charge in [-0.2, -0.15) is 0 Å². The standard InChI is InChI=1S/C9H12N2O4.H2O/c10-7-4(9(15)6(14)3-12)1-2-5(13)8(7)11;/h1-2,6,12-14H,3,10-11H2;1H2. The molecule has 0 saturated heterocycles. The second-order valence-electron chi connectivity index (χ2n) is 3.02. The van der Waals surface area contributed by atoms with E-state index in [0.29, 0.717) is 0 Å². The second-order valence-corrected chi connectivity index (χ2v) is 3.02. The number of hydrogen-bond donors (Lipinski definition) is 5. The zero-order valence-corrected chi connectivity index (χ0v) is 8.34. The van der Waals surface area contributed by atoms with Gasteiger partial charge in [-0.05, 0) is 12.1 Å². The maximum Gasteiger partial charge on any atom is 0.195 e. The molecule has 1 rings (SSSR count). The highest BCUT2D eigenvalue weighted by Gasteiger charge is 2.20. The van der Waals surface area contributed by atoms with Crippen LogP contribution in [0.25, 0.3) is 0 Å². The molecule has 1 atom stereocenters. The fourth-order valence-corrected chi connectivity index (χ4v) is 1.10. The first-order chi connectivity index (χ1) is 6.99. The molecule has 1 aromatic rings. The number of aliphatic hydroxyl groups is 2. The molecule has 0 bridgehead atoms. The largest absolute Gasteiger partial charge is 0.506 e. The third-order valence-corrected chi connectivity index (χ3v) is 2.01. The van der Waals surface area contributed by atoms with Gasteiger partial charge in [0.1, 0.15) is 11.9 Å². The van der Waals surface area contributed by atoms with Crippen LogP contribution >= 0.6 is 0 Å². The van der Waals surface area contributed by atoms with Crippen molar-refractivity contribution in [3.8, 4) is 5.75 Å². The van der Waals surface area contributed by atoms with Crippen LogP contribution in [0.4, 0.5) is 11.4 Å². The van der Waals surface area contributed by atoms with Crippen LogP contribution in [0.3, 0.4) is 0 Å². The highest BCUT2D eigenvalue weighted by atomic mass is 16.3. The summed E-state index contributed by atoms with van der Waals surface area (Å²) in [6.45, 7) is -0.695. The van der Waals surface area contributed by atoms with E-state index in [1.807, 2.05) is 0 Å². The molecule has 0 heterocycles. The van der Waals surface area contributed by atoms with Crippen molar-refractivity contribution in [3.05, 3.63) is 17.7 Å². The number of rotatable bonds is 3. The Morgan fingerprint density at radius 3 is 2.38 bits per heavy atom. The lowest BCUT2D eigenvalue weighted by atomic mass is 10.0. The summed E-state index contributed by atoms with van der Waals surface area (Å²) in [4.78, 5) is 11.4. The minimum Gasteiger partial charge on any atom is -0.506 e. The van der Waals surface area contributed by atoms with Crippen molar-refractivity contribution >= 4 is 17.2 Å². The van der Waals surface area contributed by atoms with Gasteiger partial charge >= 0.3 is 0 Å². The monoisotopic (exact) mass is 230 g/mol. The number of aromatic hydroxyl groups is 1. The Morgan fingerprint density at radius 1 is 1.31 bits per heavy atom. The van der Waals surface area contributed by atoms with E-state index in [0.717, 1.165) is 0 Å². The minimum atomic E-state index is -1.53. The van der Waals surface area contributed by atoms with Crippen LogP contribution in [0.5, 0.6) is 5.75 Å². The van der Waals surface area contributed by atoms with Crippen LogP contribution < -0.4 is 11.5 Å². The molecule has 7 heteroatoms. The predicted octanol–water partition coefficient (Wildman–Crippen LogP) is -1.73. The fourth-order valence-electron chi connectivity index (χ4n) is 1.10. The number of aliphatic hydroxyl groups excluding tert-OH is 2. The zero-order chi connectivity index (χ0) is 11.6. The van der Waals surface area contributed by atoms with E-state index < -0.39 is 18.5 Å². The van der Waals surface area contributed by atoms with E-state index in [1.165, 1.54) is 12.1 Å². The highest BCUT2D eigenvalue weighted by Crippen LogP contribution is 2.29. The minimum absolute atomic E-state index is 0. The quantitative estimate of drug-likeness (QED) is 0.235. The highest BCUT2D eigenvalue weighted by molar-refractivity contribution is 6.06. The molecule has 0 aromatic heterocycles. The summed E-state index contributed by atoms with van der Waals surface area (Å²) >= 11 is 0. The number of carbonyl (C=O) groups excluding carboxylic acids is 1. The van der Waals surface area contributed by atoms with Crippen LogP contribution in [0.15, 0.2) is 12.1 Å². The average Bonchev–Trinajstić information content (AvgIpc) is 2.24. The number of anilines is 2. The summed E-state index contributed by atoms with van der Waals surface area (Å²) in [5, 5.41) is 26.9. The van der Waals surface area contributed by atoms with Crippen LogP contribution in [0, 0.1) is 0 Å². The Labute approximate surface area is 91.2 Å². The van der Waals surface area contributed by atoms with E-state index in [-0.39, 0.29) is 28.2 Å². The lowest BCUT2D eigenvalue weighted by Crippen LogP contribution is -2.25. The summed E-state index contributed by atoms with van der Waals surface area (Å²) in [6, 6.07) is 2.44. The van der Waals surface area contributed by atoms with Gasteiger partial charge in [-0.1, -0.05) is 0 Å². The first-order valence-corrected chi connectivity index (χ1v) is 4.19. The molecule has 1 unspecified atom stereocenters. The number of phenolic OH excluding ortho intramolecular Hbond substituents is 1. The topological polar surface area (TPSA) is 161 Å². The lowest BCUT2D eigenvalue weighted by Gasteiger charge is -2.11. The molecule has 7 nitrogen and oxygen atoms in total. The molecule has 0 aliphatic carbocycles. The van der Waals surface area contributed by atoms with Gasteiger partial charge < -0.3 is 32.3 Å². The fraction of sp³-hybridized carbons (Fsp3) is 0.222. The van der Waals surface area contributed by atoms with E-state index in [1.54, 1.807) is 0 Å². The summed E-state index contributed by atoms with van der Waals surface area (Å²) < 4.78 is 0. The average molecular weight is 230 g/mol. The van der Waals surface area contributed by atoms with Gasteiger partial charge in [0.05, 0.1) is 18.0 Å². The second kappa shape index (κ2) is 5.31. The van der Waals surface area contributed by atoms with Gasteiger partial charge in [0.25, 0.3) is 0 Å². The molecule has 0 spiro atoms. The van der Waals surface area contributed by atoms with E-state index in [2.05, 4.69) is 0 Å². The molecule has 0 amide bonds. The SMILES string of the molecule is Nc1c(O)ccc(C(=O)C(O)CO)c1N.O. The molecular formula is C9H14N2O5. The van der Waals surface area contributed by atoms with Crippen molar-refractivity contribution < 1.29 is 25.6 Å². The van der Waals surface area contributed by atoms with E-state index in [9.17, 15) is 9.90 Å². The third kappa shape index (κ3) is 2.40. The van der Waals surface area contributed by atoms with E-state index >= 15 is 0 Å². The van der Waals surface area contributed by atoms with Gasteiger partial charge in [0.2, 0.25) is 0 Å². The Hall–Kier alpha value is -1.83. The molecule has 90 valence electrons. The molecular weight excluding hydrogens is 216 g/mol. The molecule has 0 saturated carbocycles. The first kappa shape index (κ1) is 14.2. The van der Waals surface area contributed by atoms with Crippen molar-refractivity contribution in [2.24, 2.45) is 0 Å². The Balaban J connectivity index is 0.00000225. The number of nitrogen functional groups attached to an aromatic ring is 2. The number of ketones is 1. The number of benzene rings is 1. The maximum absolute atomic E-state index is 11.4. The lowest BCUT2D eigenvalue weighted by molar-refractivity contribution is 0.0588. The number of carbonyl (C=O) groups is 1. The van der Waals surface area contributed by atoms with Gasteiger partial charge in [0, 0.05) is 5.56 Å². The Kier molecular flexibility index (Phi) is 4.70. The smallest absolute Gasteiger partial charge is 0.195 e. The summed E-state index contributed by atoms with van der Waals surface area (Å²) in [7, 11) is 0. The normalized spacial score (nSPS) is 11.6. The van der Waals surface area contributed by atoms with Gasteiger partial charge in [-0.25, -0.2) is 0 Å². The van der Waals surface area contributed by atoms with Gasteiger partial charge in [-0.3, -0.25) is 4.79 Å². The summed E-state index contributed by atoms with van der Waals surface area (Å²) in [6.07, 6.45) is -1.53. The van der Waals surface area contributed by atoms with Crippen molar-refractivity contribution in [2.75, 3.05) is 18.1 Å². The van der Waals surface area contributed by atoms with Gasteiger partial charge in [-0.15, -0.1) is 0 Å². The molecule has 9 N–H and O–H groups in total.